The minimum atomic E-state index is -0.468. The molecule has 28 heavy (non-hydrogen) atoms. The van der Waals surface area contributed by atoms with Crippen LogP contribution in [0.5, 0.6) is 0 Å². The van der Waals surface area contributed by atoms with Crippen LogP contribution in [0.15, 0.2) is 53.9 Å². The second kappa shape index (κ2) is 8.68. The molecule has 3 rings (SSSR count). The third-order valence-corrected chi connectivity index (χ3v) is 4.67. The van der Waals surface area contributed by atoms with E-state index in [-0.39, 0.29) is 24.0 Å². The number of thiazole rings is 1. The van der Waals surface area contributed by atoms with Crippen LogP contribution in [0.3, 0.4) is 0 Å². The fourth-order valence-electron chi connectivity index (χ4n) is 2.62. The van der Waals surface area contributed by atoms with Gasteiger partial charge in [0.05, 0.1) is 17.2 Å². The van der Waals surface area contributed by atoms with Crippen LogP contribution in [-0.2, 0) is 11.3 Å². The summed E-state index contributed by atoms with van der Waals surface area (Å²) in [6, 6.07) is 12.6. The molecule has 0 fully saturated rings. The number of carbonyl (C=O) groups excluding carboxylic acids is 1. The molecule has 144 valence electrons. The SMILES string of the molecule is CN(CC(=O)Nc1nc(-c2cccc([N+](=O)[O-])c2)cs1)Cc1ccccc1F. The highest BCUT2D eigenvalue weighted by atomic mass is 32.1. The molecule has 1 heterocycles. The van der Waals surface area contributed by atoms with Crippen LogP contribution in [0.2, 0.25) is 0 Å². The van der Waals surface area contributed by atoms with Gasteiger partial charge < -0.3 is 5.32 Å². The number of aromatic nitrogens is 1. The van der Waals surface area contributed by atoms with Crippen LogP contribution in [-0.4, -0.2) is 34.3 Å². The molecular weight excluding hydrogens is 383 g/mol. The van der Waals surface area contributed by atoms with Crippen molar-refractivity contribution in [2.75, 3.05) is 18.9 Å². The summed E-state index contributed by atoms with van der Waals surface area (Å²) in [6.07, 6.45) is 0. The third kappa shape index (κ3) is 4.96. The first-order chi connectivity index (χ1) is 13.4. The molecule has 2 aromatic carbocycles. The molecule has 0 radical (unpaired) electrons. The first-order valence-corrected chi connectivity index (χ1v) is 9.22. The number of nitro benzene ring substituents is 1. The normalized spacial score (nSPS) is 10.8. The van der Waals surface area contributed by atoms with E-state index in [4.69, 9.17) is 0 Å². The fourth-order valence-corrected chi connectivity index (χ4v) is 3.36. The number of amides is 1. The Morgan fingerprint density at radius 1 is 1.29 bits per heavy atom. The maximum atomic E-state index is 13.7. The Morgan fingerprint density at radius 3 is 2.82 bits per heavy atom. The highest BCUT2D eigenvalue weighted by Gasteiger charge is 2.13. The summed E-state index contributed by atoms with van der Waals surface area (Å²) < 4.78 is 13.7. The number of likely N-dealkylation sites (N-methyl/N-ethyl adjacent to an activating group) is 1. The van der Waals surface area contributed by atoms with Gasteiger partial charge in [0, 0.05) is 35.2 Å². The Hall–Kier alpha value is -3.17. The minimum Gasteiger partial charge on any atom is -0.301 e. The lowest BCUT2D eigenvalue weighted by Crippen LogP contribution is -2.30. The van der Waals surface area contributed by atoms with Gasteiger partial charge >= 0.3 is 0 Å². The molecule has 0 unspecified atom stereocenters. The molecule has 1 amide bonds. The molecule has 3 aromatic rings. The maximum Gasteiger partial charge on any atom is 0.270 e. The summed E-state index contributed by atoms with van der Waals surface area (Å²) in [5.74, 6) is -0.588. The van der Waals surface area contributed by atoms with Crippen LogP contribution < -0.4 is 5.32 Å². The number of non-ortho nitro benzene ring substituents is 1. The summed E-state index contributed by atoms with van der Waals surface area (Å²) in [5, 5.41) is 15.7. The van der Waals surface area contributed by atoms with Gasteiger partial charge in [-0.15, -0.1) is 11.3 Å². The molecule has 0 aliphatic rings. The average molecular weight is 400 g/mol. The van der Waals surface area contributed by atoms with E-state index in [0.717, 1.165) is 0 Å². The van der Waals surface area contributed by atoms with E-state index in [0.29, 0.717) is 28.5 Å². The van der Waals surface area contributed by atoms with E-state index in [9.17, 15) is 19.3 Å². The number of nitrogens with zero attached hydrogens (tertiary/aromatic N) is 3. The molecule has 0 aliphatic heterocycles. The number of carbonyl (C=O) groups is 1. The standard InChI is InChI=1S/C19H17FN4O3S/c1-23(10-14-5-2-3-8-16(14)20)11-18(25)22-19-21-17(12-28-19)13-6-4-7-15(9-13)24(26)27/h2-9,12H,10-11H2,1H3,(H,21,22,25). The van der Waals surface area contributed by atoms with Gasteiger partial charge in [0.2, 0.25) is 5.91 Å². The van der Waals surface area contributed by atoms with Gasteiger partial charge in [-0.1, -0.05) is 30.3 Å². The minimum absolute atomic E-state index is 0.0224. The highest BCUT2D eigenvalue weighted by molar-refractivity contribution is 7.14. The quantitative estimate of drug-likeness (QED) is 0.480. The van der Waals surface area contributed by atoms with Gasteiger partial charge in [0.25, 0.3) is 5.69 Å². The van der Waals surface area contributed by atoms with Crippen molar-refractivity contribution >= 4 is 28.1 Å². The van der Waals surface area contributed by atoms with Gasteiger partial charge in [0.15, 0.2) is 5.13 Å². The van der Waals surface area contributed by atoms with Crippen molar-refractivity contribution in [3.05, 3.63) is 75.4 Å². The first kappa shape index (κ1) is 19.6. The Bertz CT molecular complexity index is 1010. The van der Waals surface area contributed by atoms with Gasteiger partial charge in [-0.2, -0.15) is 0 Å². The van der Waals surface area contributed by atoms with Crippen molar-refractivity contribution in [3.8, 4) is 11.3 Å². The van der Waals surface area contributed by atoms with Crippen LogP contribution >= 0.6 is 11.3 Å². The number of hydrogen-bond donors (Lipinski definition) is 1. The number of hydrogen-bond acceptors (Lipinski definition) is 6. The second-order valence-corrected chi connectivity index (χ2v) is 7.02. The predicted molar refractivity (Wildman–Crippen MR) is 106 cm³/mol. The molecule has 9 heteroatoms. The molecule has 0 aliphatic carbocycles. The molecule has 7 nitrogen and oxygen atoms in total. The topological polar surface area (TPSA) is 88.4 Å². The summed E-state index contributed by atoms with van der Waals surface area (Å²) in [6.45, 7) is 0.372. The number of nitrogens with one attached hydrogen (secondary N) is 1. The Balaban J connectivity index is 1.60. The van der Waals surface area contributed by atoms with Crippen LogP contribution in [0.1, 0.15) is 5.56 Å². The third-order valence-electron chi connectivity index (χ3n) is 3.91. The molecule has 1 aromatic heterocycles. The zero-order valence-electron chi connectivity index (χ0n) is 15.0. The van der Waals surface area contributed by atoms with Gasteiger partial charge in [-0.25, -0.2) is 9.37 Å². The zero-order valence-corrected chi connectivity index (χ0v) is 15.8. The van der Waals surface area contributed by atoms with E-state index in [1.807, 2.05) is 0 Å². The Kier molecular flexibility index (Phi) is 6.07. The second-order valence-electron chi connectivity index (χ2n) is 6.16. The molecule has 0 saturated carbocycles. The molecular formula is C19H17FN4O3S. The van der Waals surface area contributed by atoms with Crippen molar-refractivity contribution in [3.63, 3.8) is 0 Å². The van der Waals surface area contributed by atoms with E-state index in [2.05, 4.69) is 10.3 Å². The van der Waals surface area contributed by atoms with Crippen molar-refractivity contribution < 1.29 is 14.1 Å². The van der Waals surface area contributed by atoms with Gasteiger partial charge in [0.1, 0.15) is 5.82 Å². The van der Waals surface area contributed by atoms with Crippen molar-refractivity contribution in [2.45, 2.75) is 6.54 Å². The number of halogens is 1. The summed E-state index contributed by atoms with van der Waals surface area (Å²) in [7, 11) is 1.72. The lowest BCUT2D eigenvalue weighted by molar-refractivity contribution is -0.384. The zero-order chi connectivity index (χ0) is 20.1. The fraction of sp³-hybridized carbons (Fsp3) is 0.158. The lowest BCUT2D eigenvalue weighted by Gasteiger charge is -2.16. The summed E-state index contributed by atoms with van der Waals surface area (Å²) in [4.78, 5) is 28.7. The lowest BCUT2D eigenvalue weighted by atomic mass is 10.1. The number of rotatable bonds is 7. The van der Waals surface area contributed by atoms with E-state index < -0.39 is 4.92 Å². The first-order valence-electron chi connectivity index (χ1n) is 8.34. The highest BCUT2D eigenvalue weighted by Crippen LogP contribution is 2.27. The molecule has 0 saturated heterocycles. The van der Waals surface area contributed by atoms with E-state index >= 15 is 0 Å². The van der Waals surface area contributed by atoms with Crippen molar-refractivity contribution in [2.24, 2.45) is 0 Å². The largest absolute Gasteiger partial charge is 0.301 e. The van der Waals surface area contributed by atoms with Crippen molar-refractivity contribution in [1.82, 2.24) is 9.88 Å². The molecule has 0 bridgehead atoms. The van der Waals surface area contributed by atoms with Crippen LogP contribution in [0.25, 0.3) is 11.3 Å². The average Bonchev–Trinajstić information content (AvgIpc) is 3.12. The Labute approximate surface area is 164 Å². The van der Waals surface area contributed by atoms with Crippen LogP contribution in [0.4, 0.5) is 15.2 Å². The van der Waals surface area contributed by atoms with Crippen LogP contribution in [0, 0.1) is 15.9 Å². The summed E-state index contributed by atoms with van der Waals surface area (Å²) >= 11 is 1.23. The van der Waals surface area contributed by atoms with Gasteiger partial charge in [-0.3, -0.25) is 19.8 Å². The number of benzene rings is 2. The maximum absolute atomic E-state index is 13.7. The molecule has 0 atom stereocenters. The van der Waals surface area contributed by atoms with E-state index in [1.54, 1.807) is 47.7 Å². The molecule has 0 spiro atoms. The smallest absolute Gasteiger partial charge is 0.270 e. The monoisotopic (exact) mass is 400 g/mol. The number of nitro groups is 1. The van der Waals surface area contributed by atoms with E-state index in [1.165, 1.54) is 29.5 Å². The number of anilines is 1. The van der Waals surface area contributed by atoms with Gasteiger partial charge in [-0.05, 0) is 13.1 Å². The van der Waals surface area contributed by atoms with Crippen molar-refractivity contribution in [1.29, 1.82) is 0 Å². The summed E-state index contributed by atoms with van der Waals surface area (Å²) in [5.41, 5.74) is 1.64. The molecule has 1 N–H and O–H groups in total. The predicted octanol–water partition coefficient (Wildman–Crippen LogP) is 3.93. The Morgan fingerprint density at radius 2 is 2.07 bits per heavy atom.